The van der Waals surface area contributed by atoms with Crippen molar-refractivity contribution in [1.29, 1.82) is 0 Å². The van der Waals surface area contributed by atoms with Gasteiger partial charge in [-0.3, -0.25) is 9.59 Å². The Balaban J connectivity index is 2.32. The lowest BCUT2D eigenvalue weighted by molar-refractivity contribution is -0.303. The number of hydrogen-bond acceptors (Lipinski definition) is 30. The Labute approximate surface area is 716 Å². The summed E-state index contributed by atoms with van der Waals surface area (Å²) in [5.41, 5.74) is 0.503. The number of oxime groups is 1. The molecule has 1 fully saturated rings. The van der Waals surface area contributed by atoms with Crippen LogP contribution in [0.4, 0.5) is 4.79 Å². The number of rotatable bonds is 96. The van der Waals surface area contributed by atoms with Gasteiger partial charge in [-0.1, -0.05) is 231 Å². The quantitative estimate of drug-likeness (QED) is 0.0108. The van der Waals surface area contributed by atoms with Crippen molar-refractivity contribution in [3.63, 3.8) is 0 Å². The normalized spacial score (nSPS) is 16.5. The fourth-order valence-corrected chi connectivity index (χ4v) is 12.8. The average molecular weight is 1720 g/mol. The number of ether oxygens (including phenoxy) is 20. The molecule has 1 heterocycles. The number of methoxy groups -OCH3 is 1. The predicted molar refractivity (Wildman–Crippen MR) is 454 cm³/mol. The summed E-state index contributed by atoms with van der Waals surface area (Å²) in [7, 11) is 1.64. The summed E-state index contributed by atoms with van der Waals surface area (Å²) < 4.78 is 110. The third-order valence-corrected chi connectivity index (χ3v) is 19.9. The van der Waals surface area contributed by atoms with Gasteiger partial charge in [-0.05, 0) is 32.6 Å². The number of carbonyl (C=O) groups excluding carboxylic acids is 3. The molecule has 8 atom stereocenters. The number of esters is 2. The van der Waals surface area contributed by atoms with Crippen molar-refractivity contribution in [2.45, 2.75) is 320 Å². The number of carbonyl (C=O) groups is 3. The summed E-state index contributed by atoms with van der Waals surface area (Å²) in [6.45, 7) is 17.5. The Bertz CT molecular complexity index is 2150. The summed E-state index contributed by atoms with van der Waals surface area (Å²) in [6, 6.07) is -1.37. The van der Waals surface area contributed by atoms with Crippen molar-refractivity contribution < 1.29 is 139 Å². The number of amides is 1. The monoisotopic (exact) mass is 1720 g/mol. The van der Waals surface area contributed by atoms with Crippen molar-refractivity contribution >= 4 is 23.7 Å². The summed E-state index contributed by atoms with van der Waals surface area (Å²) >= 11 is 0. The molecule has 706 valence electrons. The van der Waals surface area contributed by atoms with Crippen LogP contribution in [0.3, 0.4) is 0 Å². The van der Waals surface area contributed by atoms with Gasteiger partial charge in [-0.2, -0.15) is 0 Å². The minimum absolute atomic E-state index is 0.112. The molecule has 1 aliphatic rings. The van der Waals surface area contributed by atoms with Crippen molar-refractivity contribution in [3.05, 3.63) is 0 Å². The zero-order valence-electron chi connectivity index (χ0n) is 74.5. The van der Waals surface area contributed by atoms with Crippen LogP contribution in [0.2, 0.25) is 0 Å². The zero-order valence-corrected chi connectivity index (χ0v) is 74.5. The van der Waals surface area contributed by atoms with Gasteiger partial charge in [0.2, 0.25) is 6.79 Å². The molecule has 119 heavy (non-hydrogen) atoms. The molecule has 1 amide bonds. The van der Waals surface area contributed by atoms with Gasteiger partial charge in [-0.15, -0.1) is 0 Å². The summed E-state index contributed by atoms with van der Waals surface area (Å²) in [6.07, 6.45) is 31.0. The summed E-state index contributed by atoms with van der Waals surface area (Å²) in [5.74, 6) is -1.18. The molecule has 31 heteroatoms. The van der Waals surface area contributed by atoms with E-state index in [4.69, 9.17) is 99.6 Å². The van der Waals surface area contributed by atoms with E-state index in [-0.39, 0.29) is 38.9 Å². The van der Waals surface area contributed by atoms with Gasteiger partial charge in [0.1, 0.15) is 43.2 Å². The summed E-state index contributed by atoms with van der Waals surface area (Å²) in [4.78, 5) is 45.1. The molecule has 0 aliphatic carbocycles. The molecular formula is C88H170N2O29. The van der Waals surface area contributed by atoms with Crippen LogP contribution in [0, 0.1) is 0 Å². The first kappa shape index (κ1) is 114. The van der Waals surface area contributed by atoms with E-state index in [2.05, 4.69) is 24.3 Å². The highest BCUT2D eigenvalue weighted by atomic mass is 16.7. The fourth-order valence-electron chi connectivity index (χ4n) is 12.8. The van der Waals surface area contributed by atoms with Gasteiger partial charge in [-0.25, -0.2) is 4.79 Å². The Morgan fingerprint density at radius 2 is 0.681 bits per heavy atom. The molecule has 0 aromatic carbocycles. The molecule has 0 unspecified atom stereocenters. The summed E-state index contributed by atoms with van der Waals surface area (Å²) in [5, 5.41) is 60.2. The molecule has 0 radical (unpaired) electrons. The van der Waals surface area contributed by atoms with Crippen LogP contribution in [0.1, 0.15) is 271 Å². The second-order valence-corrected chi connectivity index (χ2v) is 30.3. The Morgan fingerprint density at radius 3 is 1.01 bits per heavy atom. The van der Waals surface area contributed by atoms with Crippen LogP contribution in [0.15, 0.2) is 5.16 Å². The van der Waals surface area contributed by atoms with Crippen molar-refractivity contribution in [2.24, 2.45) is 5.16 Å². The van der Waals surface area contributed by atoms with Crippen LogP contribution in [-0.2, 0) is 109 Å². The molecule has 1 aliphatic heterocycles. The minimum Gasteiger partial charge on any atom is -0.460 e. The van der Waals surface area contributed by atoms with Crippen molar-refractivity contribution in [3.8, 4) is 0 Å². The molecule has 1 saturated heterocycles. The highest BCUT2D eigenvalue weighted by molar-refractivity contribution is 5.85. The highest BCUT2D eigenvalue weighted by Crippen LogP contribution is 2.25. The number of nitrogens with one attached hydrogen (secondary N) is 1. The molecule has 0 aromatic heterocycles. The van der Waals surface area contributed by atoms with Gasteiger partial charge in [0.25, 0.3) is 0 Å². The molecular weight excluding hydrogens is 1550 g/mol. The predicted octanol–water partition coefficient (Wildman–Crippen LogP) is 12.2. The zero-order chi connectivity index (χ0) is 86.1. The standard InChI is InChI=1S/C88H170N2O29/c1-5-7-9-11-13-15-17-19-20-21-22-23-24-25-26-27-28-29-31-33-35-37-39-41-82(93)118-79(40-38-36-34-32-30-18-16-14-12-10-8-6-2)83(94)78(75-114-87-86(97)85(96)84(95)80(74-91)119-87)89-88(98)116-76-115-81(92)43-42-77(3)90-117-73-72-113-71-70-112-69-68-111-67-66-110-65-64-109-63-62-108-61-60-107-59-58-106-57-56-105-55-54-104-53-52-103-51-50-102-49-48-101-47-46-100-45-44-99-4/h78-80,83-87,91,94-97H,5-76H2,1-4H3,(H,89,98)/b90-77+/t78-,79+,80+,83-,84-,85-,86+,87-/m0/s1. The molecule has 0 saturated carbocycles. The number of aliphatic hydroxyl groups is 5. The van der Waals surface area contributed by atoms with E-state index in [1.54, 1.807) is 14.0 Å². The lowest BCUT2D eigenvalue weighted by Gasteiger charge is -2.40. The lowest BCUT2D eigenvalue weighted by atomic mass is 9.98. The van der Waals surface area contributed by atoms with Gasteiger partial charge < -0.3 is 130 Å². The van der Waals surface area contributed by atoms with E-state index >= 15 is 0 Å². The fraction of sp³-hybridized carbons (Fsp3) is 0.955. The van der Waals surface area contributed by atoms with Crippen LogP contribution < -0.4 is 5.32 Å². The Kier molecular flexibility index (Phi) is 87.1. The minimum atomic E-state index is -1.78. The number of aliphatic hydroxyl groups excluding tert-OH is 5. The number of nitrogens with zero attached hydrogens (tertiary/aromatic N) is 1. The van der Waals surface area contributed by atoms with E-state index in [0.717, 1.165) is 44.9 Å². The number of hydrogen-bond donors (Lipinski definition) is 6. The average Bonchev–Trinajstić information content (AvgIpc) is 0.815. The molecule has 31 nitrogen and oxygen atoms in total. The number of unbranched alkanes of at least 4 members (excludes halogenated alkanes) is 33. The third-order valence-electron chi connectivity index (χ3n) is 19.9. The van der Waals surface area contributed by atoms with Crippen LogP contribution in [0.5, 0.6) is 0 Å². The second-order valence-electron chi connectivity index (χ2n) is 30.3. The maximum atomic E-state index is 13.6. The first-order chi connectivity index (χ1) is 58.5. The largest absolute Gasteiger partial charge is 0.460 e. The van der Waals surface area contributed by atoms with Crippen molar-refractivity contribution in [2.75, 3.05) is 225 Å². The van der Waals surface area contributed by atoms with Gasteiger partial charge >= 0.3 is 18.0 Å². The van der Waals surface area contributed by atoms with Crippen LogP contribution in [-0.4, -0.2) is 324 Å². The van der Waals surface area contributed by atoms with Gasteiger partial charge in [0.15, 0.2) is 6.29 Å². The molecule has 6 N–H and O–H groups in total. The second kappa shape index (κ2) is 91.0. The first-order valence-electron chi connectivity index (χ1n) is 46.1. The molecule has 0 spiro atoms. The molecule has 0 bridgehead atoms. The number of alkyl carbamates (subject to hydrolysis) is 1. The first-order valence-corrected chi connectivity index (χ1v) is 46.1. The van der Waals surface area contributed by atoms with E-state index in [1.165, 1.54) is 167 Å². The van der Waals surface area contributed by atoms with Crippen LogP contribution in [0.25, 0.3) is 0 Å². The smallest absolute Gasteiger partial charge is 0.410 e. The van der Waals surface area contributed by atoms with E-state index in [0.29, 0.717) is 204 Å². The lowest BCUT2D eigenvalue weighted by Crippen LogP contribution is -2.60. The highest BCUT2D eigenvalue weighted by Gasteiger charge is 2.45. The SMILES string of the molecule is CCCCCCCCCCCCCCCCCCCCCCCCCC(=O)O[C@H](CCCCCCCCCCCCCC)[C@@H](O)[C@H](CO[C@H]1O[C@H](CO)[C@H](O)[C@H](O)[C@H]1O)NC(=O)OCOC(=O)CC/C(C)=N/OCCOCCOCCOCCOCCOCCOCCOCCOCCOCCOCCOCCOCCOCCOCCOC. The maximum Gasteiger partial charge on any atom is 0.410 e. The Hall–Kier alpha value is -3.20. The van der Waals surface area contributed by atoms with E-state index in [9.17, 15) is 39.9 Å². The maximum absolute atomic E-state index is 13.6. The van der Waals surface area contributed by atoms with Crippen LogP contribution >= 0.6 is 0 Å². The molecule has 1 rings (SSSR count). The van der Waals surface area contributed by atoms with Gasteiger partial charge in [0.05, 0.1) is 223 Å². The van der Waals surface area contributed by atoms with Gasteiger partial charge in [0, 0.05) is 13.5 Å². The van der Waals surface area contributed by atoms with Crippen molar-refractivity contribution in [1.82, 2.24) is 5.32 Å². The van der Waals surface area contributed by atoms with E-state index < -0.39 is 87.0 Å². The third kappa shape index (κ3) is 76.9. The Morgan fingerprint density at radius 1 is 0.370 bits per heavy atom. The van der Waals surface area contributed by atoms with E-state index in [1.807, 2.05) is 0 Å². The molecule has 0 aromatic rings. The topological polar surface area (TPSA) is 371 Å².